The van der Waals surface area contributed by atoms with Crippen molar-refractivity contribution in [2.24, 2.45) is 17.8 Å². The van der Waals surface area contributed by atoms with Gasteiger partial charge in [0.05, 0.1) is 0 Å². The van der Waals surface area contributed by atoms with Gasteiger partial charge in [-0.25, -0.2) is 8.78 Å². The molecule has 5 rings (SSSR count). The van der Waals surface area contributed by atoms with Crippen LogP contribution in [0, 0.1) is 23.6 Å². The first-order valence-corrected chi connectivity index (χ1v) is 7.07. The predicted molar refractivity (Wildman–Crippen MR) is 66.5 cm³/mol. The Balaban J connectivity index is 1.69. The maximum Gasteiger partial charge on any atom is 0.123 e. The molecule has 0 radical (unpaired) electrons. The molecule has 0 amide bonds. The molecule has 0 N–H and O–H groups in total. The molecule has 2 atom stereocenters. The lowest BCUT2D eigenvalue weighted by atomic mass is 9.49. The minimum Gasteiger partial charge on any atom is -0.244 e. The second-order valence-electron chi connectivity index (χ2n) is 6.70. The molecule has 96 valence electrons. The van der Waals surface area contributed by atoms with E-state index in [1.165, 1.54) is 18.4 Å². The zero-order valence-electron chi connectivity index (χ0n) is 10.4. The topological polar surface area (TPSA) is 0 Å². The zero-order chi connectivity index (χ0) is 12.3. The smallest absolute Gasteiger partial charge is 0.123 e. The summed E-state index contributed by atoms with van der Waals surface area (Å²) in [7, 11) is 0. The fraction of sp³-hybridized carbons (Fsp3) is 0.625. The largest absolute Gasteiger partial charge is 0.244 e. The van der Waals surface area contributed by atoms with E-state index in [1.807, 2.05) is 12.1 Å². The maximum absolute atomic E-state index is 14.6. The van der Waals surface area contributed by atoms with Crippen LogP contribution in [0.5, 0.6) is 0 Å². The normalized spacial score (nSPS) is 45.4. The van der Waals surface area contributed by atoms with E-state index in [-0.39, 0.29) is 5.82 Å². The molecule has 4 bridgehead atoms. The van der Waals surface area contributed by atoms with E-state index in [2.05, 4.69) is 0 Å². The molecule has 0 nitrogen and oxygen atoms in total. The van der Waals surface area contributed by atoms with Gasteiger partial charge in [-0.15, -0.1) is 0 Å². The second-order valence-corrected chi connectivity index (χ2v) is 6.70. The van der Waals surface area contributed by atoms with Crippen molar-refractivity contribution in [2.45, 2.75) is 43.7 Å². The third-order valence-electron chi connectivity index (χ3n) is 5.45. The van der Waals surface area contributed by atoms with Crippen molar-refractivity contribution in [3.63, 3.8) is 0 Å². The van der Waals surface area contributed by atoms with Gasteiger partial charge >= 0.3 is 0 Å². The summed E-state index contributed by atoms with van der Waals surface area (Å²) >= 11 is 0. The number of benzene rings is 1. The summed E-state index contributed by atoms with van der Waals surface area (Å²) in [6, 6.07) is 6.91. The Morgan fingerprint density at radius 3 is 2.11 bits per heavy atom. The van der Waals surface area contributed by atoms with E-state index in [0.29, 0.717) is 23.7 Å². The molecular formula is C16H18F2. The number of rotatable bonds is 1. The maximum atomic E-state index is 14.6. The van der Waals surface area contributed by atoms with Crippen LogP contribution in [0.15, 0.2) is 24.3 Å². The van der Waals surface area contributed by atoms with E-state index in [1.54, 1.807) is 12.1 Å². The Morgan fingerprint density at radius 1 is 0.944 bits per heavy atom. The van der Waals surface area contributed by atoms with Crippen molar-refractivity contribution in [2.75, 3.05) is 0 Å². The summed E-state index contributed by atoms with van der Waals surface area (Å²) < 4.78 is 27.6. The molecule has 4 aliphatic rings. The summed E-state index contributed by atoms with van der Waals surface area (Å²) in [5, 5.41) is 0. The van der Waals surface area contributed by atoms with E-state index in [0.717, 1.165) is 19.3 Å². The number of hydrogen-bond donors (Lipinski definition) is 0. The van der Waals surface area contributed by atoms with Gasteiger partial charge in [0.1, 0.15) is 11.5 Å². The van der Waals surface area contributed by atoms with Crippen LogP contribution in [0.3, 0.4) is 0 Å². The Bertz CT molecular complexity index is 448. The lowest BCUT2D eigenvalue weighted by Gasteiger charge is -2.57. The molecule has 18 heavy (non-hydrogen) atoms. The predicted octanol–water partition coefficient (Wildman–Crippen LogP) is 4.46. The molecule has 0 aliphatic heterocycles. The molecule has 2 unspecified atom stereocenters. The van der Waals surface area contributed by atoms with Gasteiger partial charge in [-0.05, 0) is 73.5 Å². The third-order valence-corrected chi connectivity index (χ3v) is 5.45. The Labute approximate surface area is 106 Å². The van der Waals surface area contributed by atoms with Gasteiger partial charge < -0.3 is 0 Å². The highest BCUT2D eigenvalue weighted by Gasteiger charge is 2.55. The van der Waals surface area contributed by atoms with Crippen LogP contribution in [0.25, 0.3) is 0 Å². The van der Waals surface area contributed by atoms with E-state index in [9.17, 15) is 8.78 Å². The van der Waals surface area contributed by atoms with Gasteiger partial charge in [-0.1, -0.05) is 12.1 Å². The molecular weight excluding hydrogens is 230 g/mol. The first kappa shape index (κ1) is 11.0. The van der Waals surface area contributed by atoms with Gasteiger partial charge in [0.2, 0.25) is 0 Å². The Hall–Kier alpha value is -0.920. The minimum atomic E-state index is -0.868. The number of alkyl halides is 1. The Kier molecular flexibility index (Phi) is 2.16. The van der Waals surface area contributed by atoms with Gasteiger partial charge in [0, 0.05) is 0 Å². The molecule has 0 aromatic heterocycles. The lowest BCUT2D eigenvalue weighted by molar-refractivity contribution is -0.0870. The summed E-state index contributed by atoms with van der Waals surface area (Å²) in [6.45, 7) is 0. The average Bonchev–Trinajstić information content (AvgIpc) is 2.28. The quantitative estimate of drug-likeness (QED) is 0.688. The second kappa shape index (κ2) is 3.55. The molecule has 4 aliphatic carbocycles. The van der Waals surface area contributed by atoms with Gasteiger partial charge in [-0.2, -0.15) is 0 Å². The van der Waals surface area contributed by atoms with Crippen molar-refractivity contribution in [1.82, 2.24) is 0 Å². The van der Waals surface area contributed by atoms with Crippen molar-refractivity contribution < 1.29 is 8.78 Å². The summed E-state index contributed by atoms with van der Waals surface area (Å²) in [5.74, 6) is 1.90. The summed E-state index contributed by atoms with van der Waals surface area (Å²) in [6.07, 6.45) is 4.65. The summed E-state index contributed by atoms with van der Waals surface area (Å²) in [5.41, 5.74) is 0.362. The summed E-state index contributed by atoms with van der Waals surface area (Å²) in [4.78, 5) is 0. The highest BCUT2D eigenvalue weighted by molar-refractivity contribution is 5.26. The number of hydrogen-bond acceptors (Lipinski definition) is 0. The highest BCUT2D eigenvalue weighted by atomic mass is 19.1. The van der Waals surface area contributed by atoms with E-state index < -0.39 is 5.67 Å². The Morgan fingerprint density at radius 2 is 1.56 bits per heavy atom. The van der Waals surface area contributed by atoms with Crippen molar-refractivity contribution >= 4 is 0 Å². The zero-order valence-corrected chi connectivity index (χ0v) is 10.4. The molecule has 1 aromatic rings. The standard InChI is InChI=1S/C16H18F2/c17-14-3-1-11(2-4-14)15-12-5-10-6-13(15)9-16(18,7-10)8-12/h1-4,10,12-13,15H,5-9H2. The van der Waals surface area contributed by atoms with Crippen LogP contribution in [0.2, 0.25) is 0 Å². The SMILES string of the molecule is Fc1ccc(C2C3CC4CC2CC(F)(C4)C3)cc1. The molecule has 4 saturated carbocycles. The highest BCUT2D eigenvalue weighted by Crippen LogP contribution is 2.62. The van der Waals surface area contributed by atoms with Crippen LogP contribution in [-0.4, -0.2) is 5.67 Å². The first-order chi connectivity index (χ1) is 8.63. The van der Waals surface area contributed by atoms with Crippen LogP contribution in [0.1, 0.15) is 43.6 Å². The molecule has 1 aromatic carbocycles. The lowest BCUT2D eigenvalue weighted by Crippen LogP contribution is -2.51. The van der Waals surface area contributed by atoms with Crippen LogP contribution in [-0.2, 0) is 0 Å². The minimum absolute atomic E-state index is 0.176. The van der Waals surface area contributed by atoms with E-state index in [4.69, 9.17) is 0 Å². The van der Waals surface area contributed by atoms with E-state index >= 15 is 0 Å². The molecule has 4 fully saturated rings. The molecule has 2 heteroatoms. The molecule has 0 saturated heterocycles. The van der Waals surface area contributed by atoms with Crippen LogP contribution < -0.4 is 0 Å². The third kappa shape index (κ3) is 1.54. The fourth-order valence-corrected chi connectivity index (χ4v) is 5.15. The average molecular weight is 248 g/mol. The van der Waals surface area contributed by atoms with Gasteiger partial charge in [-0.3, -0.25) is 0 Å². The van der Waals surface area contributed by atoms with Gasteiger partial charge in [0.25, 0.3) is 0 Å². The van der Waals surface area contributed by atoms with Crippen molar-refractivity contribution in [1.29, 1.82) is 0 Å². The van der Waals surface area contributed by atoms with Crippen LogP contribution >= 0.6 is 0 Å². The first-order valence-electron chi connectivity index (χ1n) is 7.07. The monoisotopic (exact) mass is 248 g/mol. The fourth-order valence-electron chi connectivity index (χ4n) is 5.15. The molecule has 0 heterocycles. The van der Waals surface area contributed by atoms with Crippen molar-refractivity contribution in [3.05, 3.63) is 35.6 Å². The number of halogens is 2. The molecule has 0 spiro atoms. The van der Waals surface area contributed by atoms with Crippen LogP contribution in [0.4, 0.5) is 8.78 Å². The van der Waals surface area contributed by atoms with Crippen molar-refractivity contribution in [3.8, 4) is 0 Å². The van der Waals surface area contributed by atoms with Gasteiger partial charge in [0.15, 0.2) is 0 Å².